The quantitative estimate of drug-likeness (QED) is 0.428. The highest BCUT2D eigenvalue weighted by Gasteiger charge is 2.41. The van der Waals surface area contributed by atoms with Crippen molar-refractivity contribution in [2.75, 3.05) is 12.1 Å². The largest absolute Gasteiger partial charge is 0.454 e. The molecule has 2 aliphatic heterocycles. The molecule has 0 unspecified atom stereocenters. The van der Waals surface area contributed by atoms with Crippen LogP contribution in [0.3, 0.4) is 0 Å². The number of carbonyl (C=O) groups is 1. The average Bonchev–Trinajstić information content (AvgIpc) is 3.18. The number of hydrogen-bond donors (Lipinski definition) is 1. The first-order valence-electron chi connectivity index (χ1n) is 10.6. The molecule has 3 aromatic carbocycles. The Labute approximate surface area is 189 Å². The number of ether oxygens (including phenoxy) is 2. The van der Waals surface area contributed by atoms with E-state index >= 15 is 0 Å². The van der Waals surface area contributed by atoms with Gasteiger partial charge < -0.3 is 14.8 Å². The van der Waals surface area contributed by atoms with E-state index in [4.69, 9.17) is 9.47 Å². The molecule has 2 heterocycles. The lowest BCUT2D eigenvalue weighted by molar-refractivity contribution is -0.118. The van der Waals surface area contributed by atoms with Crippen LogP contribution in [0.4, 0.5) is 5.69 Å². The van der Waals surface area contributed by atoms with Crippen molar-refractivity contribution >= 4 is 43.7 Å². The molecule has 0 saturated carbocycles. The molecule has 0 radical (unpaired) electrons. The lowest BCUT2D eigenvalue weighted by Crippen LogP contribution is -2.33. The molecule has 156 valence electrons. The van der Waals surface area contributed by atoms with Gasteiger partial charge in [-0.2, -0.15) is 0 Å². The molecule has 1 aliphatic carbocycles. The Hall–Kier alpha value is -2.79. The zero-order valence-corrected chi connectivity index (χ0v) is 19.0. The van der Waals surface area contributed by atoms with Gasteiger partial charge in [-0.15, -0.1) is 0 Å². The molecule has 0 fully saturated rings. The Morgan fingerprint density at radius 2 is 1.81 bits per heavy atom. The second-order valence-corrected chi connectivity index (χ2v) is 10.2. The number of carbonyl (C=O) groups excluding carboxylic acids is 1. The fraction of sp³-hybridized carbons (Fsp3) is 0.269. The first-order valence-corrected chi connectivity index (χ1v) is 11.3. The fourth-order valence-electron chi connectivity index (χ4n) is 5.22. The molecule has 0 saturated heterocycles. The van der Waals surface area contributed by atoms with Crippen LogP contribution in [0.5, 0.6) is 11.5 Å². The van der Waals surface area contributed by atoms with E-state index in [1.807, 2.05) is 12.1 Å². The van der Waals surface area contributed by atoms with Crippen LogP contribution >= 0.6 is 15.9 Å². The third kappa shape index (κ3) is 2.90. The topological polar surface area (TPSA) is 47.6 Å². The van der Waals surface area contributed by atoms with Gasteiger partial charge in [0.25, 0.3) is 0 Å². The molecule has 0 aromatic heterocycles. The van der Waals surface area contributed by atoms with Gasteiger partial charge in [-0.05, 0) is 51.9 Å². The van der Waals surface area contributed by atoms with Crippen molar-refractivity contribution in [3.05, 3.63) is 69.7 Å². The molecule has 0 spiro atoms. The highest BCUT2D eigenvalue weighted by atomic mass is 79.9. The van der Waals surface area contributed by atoms with Crippen molar-refractivity contribution in [1.29, 1.82) is 0 Å². The number of ketones is 1. The first-order chi connectivity index (χ1) is 14.9. The van der Waals surface area contributed by atoms with E-state index < -0.39 is 0 Å². The Morgan fingerprint density at radius 1 is 1.03 bits per heavy atom. The van der Waals surface area contributed by atoms with Crippen LogP contribution in [0.25, 0.3) is 16.3 Å². The number of fused-ring (bicyclic) bond motifs is 5. The minimum atomic E-state index is -0.240. The van der Waals surface area contributed by atoms with E-state index in [2.05, 4.69) is 71.5 Å². The maximum atomic E-state index is 13.5. The third-order valence-corrected chi connectivity index (χ3v) is 7.23. The van der Waals surface area contributed by atoms with Crippen LogP contribution in [0.2, 0.25) is 0 Å². The van der Waals surface area contributed by atoms with Crippen molar-refractivity contribution < 1.29 is 14.3 Å². The molecular weight excluding hydrogens is 454 g/mol. The van der Waals surface area contributed by atoms with Crippen molar-refractivity contribution in [2.24, 2.45) is 5.41 Å². The lowest BCUT2D eigenvalue weighted by atomic mass is 9.68. The first kappa shape index (κ1) is 18.9. The summed E-state index contributed by atoms with van der Waals surface area (Å²) in [5.41, 5.74) is 5.20. The van der Waals surface area contributed by atoms with E-state index in [-0.39, 0.29) is 24.0 Å². The highest BCUT2D eigenvalue weighted by molar-refractivity contribution is 9.10. The second kappa shape index (κ2) is 6.60. The normalized spacial score (nSPS) is 21.0. The van der Waals surface area contributed by atoms with Gasteiger partial charge in [0.2, 0.25) is 6.79 Å². The van der Waals surface area contributed by atoms with Crippen LogP contribution < -0.4 is 14.8 Å². The van der Waals surface area contributed by atoms with E-state index in [0.717, 1.165) is 39.2 Å². The Kier molecular flexibility index (Phi) is 4.03. The Morgan fingerprint density at radius 3 is 2.65 bits per heavy atom. The number of nitrogens with one attached hydrogen (secondary N) is 1. The molecule has 5 heteroatoms. The molecular formula is C26H22BrNO3. The molecule has 0 bridgehead atoms. The molecule has 6 rings (SSSR count). The number of benzene rings is 3. The van der Waals surface area contributed by atoms with Crippen LogP contribution in [0, 0.1) is 5.41 Å². The highest BCUT2D eigenvalue weighted by Crippen LogP contribution is 2.53. The van der Waals surface area contributed by atoms with E-state index in [0.29, 0.717) is 6.42 Å². The monoisotopic (exact) mass is 475 g/mol. The summed E-state index contributed by atoms with van der Waals surface area (Å²) in [7, 11) is 0. The summed E-state index contributed by atoms with van der Waals surface area (Å²) in [6.45, 7) is 4.60. The van der Waals surface area contributed by atoms with Crippen molar-refractivity contribution in [3.63, 3.8) is 0 Å². The number of halogens is 1. The zero-order valence-electron chi connectivity index (χ0n) is 17.4. The molecule has 4 nitrogen and oxygen atoms in total. The SMILES string of the molecule is CC1(C)CC(=O)C2=C(C1)c1c(ccc3ccccc13)N[C@@H]2c1cc2c(cc1Br)OCO2. The maximum absolute atomic E-state index is 13.5. The van der Waals surface area contributed by atoms with Gasteiger partial charge >= 0.3 is 0 Å². The number of anilines is 1. The summed E-state index contributed by atoms with van der Waals surface area (Å²) in [4.78, 5) is 13.5. The second-order valence-electron chi connectivity index (χ2n) is 9.35. The van der Waals surface area contributed by atoms with E-state index in [1.165, 1.54) is 21.9 Å². The summed E-state index contributed by atoms with van der Waals surface area (Å²) in [6, 6.07) is 16.4. The molecule has 3 aliphatic rings. The minimum absolute atomic E-state index is 0.0713. The average molecular weight is 476 g/mol. The summed E-state index contributed by atoms with van der Waals surface area (Å²) in [5.74, 6) is 1.66. The molecule has 1 N–H and O–H groups in total. The van der Waals surface area contributed by atoms with Crippen molar-refractivity contribution in [2.45, 2.75) is 32.7 Å². The Bertz CT molecular complexity index is 1310. The van der Waals surface area contributed by atoms with Crippen molar-refractivity contribution in [3.8, 4) is 11.5 Å². The van der Waals surface area contributed by atoms with Gasteiger partial charge in [0, 0.05) is 27.7 Å². The summed E-state index contributed by atoms with van der Waals surface area (Å²) in [5, 5.41) is 6.07. The Balaban J connectivity index is 1.62. The predicted molar refractivity (Wildman–Crippen MR) is 126 cm³/mol. The minimum Gasteiger partial charge on any atom is -0.454 e. The zero-order chi connectivity index (χ0) is 21.3. The maximum Gasteiger partial charge on any atom is 0.231 e. The van der Waals surface area contributed by atoms with E-state index in [1.54, 1.807) is 0 Å². The number of allylic oxidation sites excluding steroid dienone is 1. The van der Waals surface area contributed by atoms with Gasteiger partial charge in [0.05, 0.1) is 6.04 Å². The van der Waals surface area contributed by atoms with E-state index in [9.17, 15) is 4.79 Å². The van der Waals surface area contributed by atoms with Gasteiger partial charge in [-0.25, -0.2) is 0 Å². The van der Waals surface area contributed by atoms with Crippen LogP contribution in [0.1, 0.15) is 43.9 Å². The van der Waals surface area contributed by atoms with Crippen molar-refractivity contribution in [1.82, 2.24) is 0 Å². The fourth-order valence-corrected chi connectivity index (χ4v) is 5.78. The van der Waals surface area contributed by atoms with Gasteiger partial charge in [0.15, 0.2) is 17.3 Å². The summed E-state index contributed by atoms with van der Waals surface area (Å²) >= 11 is 3.71. The van der Waals surface area contributed by atoms with Crippen LogP contribution in [-0.2, 0) is 4.79 Å². The molecule has 3 aromatic rings. The van der Waals surface area contributed by atoms with Crippen LogP contribution in [-0.4, -0.2) is 12.6 Å². The number of Topliss-reactive ketones (excluding diaryl/α,β-unsaturated/α-hetero) is 1. The smallest absolute Gasteiger partial charge is 0.231 e. The lowest BCUT2D eigenvalue weighted by Gasteiger charge is -2.40. The van der Waals surface area contributed by atoms with Gasteiger partial charge in [-0.3, -0.25) is 4.79 Å². The number of rotatable bonds is 1. The molecule has 0 amide bonds. The third-order valence-electron chi connectivity index (χ3n) is 6.54. The van der Waals surface area contributed by atoms with Crippen LogP contribution in [0.15, 0.2) is 58.6 Å². The van der Waals surface area contributed by atoms with Gasteiger partial charge in [-0.1, -0.05) is 60.1 Å². The summed E-state index contributed by atoms with van der Waals surface area (Å²) in [6.07, 6.45) is 1.42. The molecule has 1 atom stereocenters. The molecule has 31 heavy (non-hydrogen) atoms. The standard InChI is InChI=1S/C26H22BrNO3/c1-26(2)11-17-23-15-6-4-3-5-14(15)7-8-19(23)28-25(24(17)20(29)12-26)16-9-21-22(10-18(16)27)31-13-30-21/h3-10,25,28H,11-13H2,1-2H3/t25-/m1/s1. The number of hydrogen-bond acceptors (Lipinski definition) is 4. The van der Waals surface area contributed by atoms with Gasteiger partial charge in [0.1, 0.15) is 0 Å². The predicted octanol–water partition coefficient (Wildman–Crippen LogP) is 6.64. The summed E-state index contributed by atoms with van der Waals surface area (Å²) < 4.78 is 12.1.